The number of rotatable bonds is 1. The Morgan fingerprint density at radius 2 is 1.17 bits per heavy atom. The van der Waals surface area contributed by atoms with Crippen LogP contribution in [0.25, 0.3) is 0 Å². The minimum Gasteiger partial charge on any atom is -0.0654 e. The van der Waals surface area contributed by atoms with Crippen molar-refractivity contribution in [2.24, 2.45) is 0 Å². The molecule has 2 heteroatoms. The molecule has 0 atom stereocenters. The molecule has 0 aliphatic heterocycles. The zero-order valence-electron chi connectivity index (χ0n) is 4.36. The van der Waals surface area contributed by atoms with Gasteiger partial charge in [-0.3, -0.25) is 0 Å². The minimum absolute atomic E-state index is 0. The van der Waals surface area contributed by atoms with Gasteiger partial charge in [-0.15, -0.1) is 0 Å². The number of hydrogen-bond donors (Lipinski definition) is 0. The summed E-state index contributed by atoms with van der Waals surface area (Å²) in [6, 6.07) is 0. The van der Waals surface area contributed by atoms with Crippen LogP contribution in [0.1, 0.15) is 26.7 Å². The molecule has 0 amide bonds. The van der Waals surface area contributed by atoms with Gasteiger partial charge in [-0.25, -0.2) is 0 Å². The number of hydrogen-bond acceptors (Lipinski definition) is 0. The zero-order valence-corrected chi connectivity index (χ0v) is 8.97. The first-order chi connectivity index (χ1) is 1.91. The summed E-state index contributed by atoms with van der Waals surface area (Å²) in [6.45, 7) is 4.36. The van der Waals surface area contributed by atoms with Crippen LogP contribution in [0.2, 0.25) is 0 Å². The fraction of sp³-hybridized carbons (Fsp3) is 1.00. The maximum absolute atomic E-state index is 2.18. The molecule has 0 aromatic rings. The third-order valence-electron chi connectivity index (χ3n) is 0.500. The van der Waals surface area contributed by atoms with Gasteiger partial charge in [0.1, 0.15) is 0 Å². The molecule has 0 fully saturated rings. The summed E-state index contributed by atoms with van der Waals surface area (Å²) in [6.07, 6.45) is 2.64. The van der Waals surface area contributed by atoms with Crippen molar-refractivity contribution < 1.29 is 59.4 Å². The van der Waals surface area contributed by atoms with Crippen LogP contribution < -0.4 is 0 Å². The van der Waals surface area contributed by atoms with E-state index in [9.17, 15) is 0 Å². The summed E-state index contributed by atoms with van der Waals surface area (Å²) in [5, 5.41) is 0. The van der Waals surface area contributed by atoms with E-state index >= 15 is 0 Å². The molecule has 35 valence electrons. The van der Waals surface area contributed by atoms with Crippen molar-refractivity contribution in [3.8, 4) is 0 Å². The average Bonchev–Trinajstić information content (AvgIpc) is 1.37. The van der Waals surface area contributed by atoms with Crippen LogP contribution in [0.15, 0.2) is 0 Å². The molecular weight excluding hydrogens is 243 g/mol. The van der Waals surface area contributed by atoms with Crippen LogP contribution in [0, 0.1) is 40.8 Å². The van der Waals surface area contributed by atoms with Gasteiger partial charge < -0.3 is 0 Å². The van der Waals surface area contributed by atoms with Gasteiger partial charge in [-0.05, 0) is 0 Å². The van der Waals surface area contributed by atoms with Crippen LogP contribution >= 0.6 is 0 Å². The largest absolute Gasteiger partial charge is 0.0654 e. The molecule has 0 rings (SSSR count). The Labute approximate surface area is 84.9 Å². The smallest absolute Gasteiger partial charge is 0 e. The van der Waals surface area contributed by atoms with Gasteiger partial charge in [-0.2, -0.15) is 0 Å². The summed E-state index contributed by atoms with van der Waals surface area (Å²) < 4.78 is 0. The van der Waals surface area contributed by atoms with E-state index in [1.54, 1.807) is 0 Å². The van der Waals surface area contributed by atoms with Crippen molar-refractivity contribution in [2.45, 2.75) is 26.7 Å². The second-order valence-corrected chi connectivity index (χ2v) is 1.000. The standard InChI is InChI=1S/C4H10.Nd.V/c1-3-4-2;;/h3-4H2,1-2H3;;. The van der Waals surface area contributed by atoms with Crippen molar-refractivity contribution in [1.29, 1.82) is 0 Å². The zero-order chi connectivity index (χ0) is 3.41. The summed E-state index contributed by atoms with van der Waals surface area (Å²) in [4.78, 5) is 0. The fourth-order valence-corrected chi connectivity index (χ4v) is 0. The van der Waals surface area contributed by atoms with Crippen LogP contribution in [0.4, 0.5) is 0 Å². The van der Waals surface area contributed by atoms with Gasteiger partial charge in [0.25, 0.3) is 0 Å². The molecular formula is C4H10NdV. The Bertz CT molecular complexity index is 9.51. The molecule has 0 aromatic heterocycles. The van der Waals surface area contributed by atoms with Crippen molar-refractivity contribution in [3.63, 3.8) is 0 Å². The van der Waals surface area contributed by atoms with Crippen LogP contribution in [-0.4, -0.2) is 0 Å². The Morgan fingerprint density at radius 1 is 1.00 bits per heavy atom. The van der Waals surface area contributed by atoms with E-state index < -0.39 is 0 Å². The fourth-order valence-electron chi connectivity index (χ4n) is 0. The van der Waals surface area contributed by atoms with E-state index in [1.807, 2.05) is 0 Å². The molecule has 0 bridgehead atoms. The molecule has 0 aromatic carbocycles. The molecule has 0 saturated heterocycles. The first-order valence-corrected chi connectivity index (χ1v) is 1.91. The summed E-state index contributed by atoms with van der Waals surface area (Å²) >= 11 is 0. The monoisotopic (exact) mass is 251 g/mol. The van der Waals surface area contributed by atoms with Gasteiger partial charge in [0.15, 0.2) is 0 Å². The Morgan fingerprint density at radius 3 is 1.17 bits per heavy atom. The maximum atomic E-state index is 2.18. The van der Waals surface area contributed by atoms with E-state index in [1.165, 1.54) is 12.8 Å². The average molecular weight is 253 g/mol. The molecule has 0 aliphatic rings. The predicted octanol–water partition coefficient (Wildman–Crippen LogP) is 1.80. The molecule has 0 aliphatic carbocycles. The molecule has 0 unspecified atom stereocenters. The SMILES string of the molecule is CCCC.[Nd].[V]. The van der Waals surface area contributed by atoms with Crippen molar-refractivity contribution in [3.05, 3.63) is 0 Å². The Kier molecular flexibility index (Phi) is 41.2. The van der Waals surface area contributed by atoms with E-state index in [4.69, 9.17) is 0 Å². The second-order valence-electron chi connectivity index (χ2n) is 1.000. The van der Waals surface area contributed by atoms with Crippen LogP contribution in [-0.2, 0) is 18.6 Å². The van der Waals surface area contributed by atoms with Crippen molar-refractivity contribution >= 4 is 0 Å². The molecule has 0 heterocycles. The summed E-state index contributed by atoms with van der Waals surface area (Å²) in [5.41, 5.74) is 0. The predicted molar refractivity (Wildman–Crippen MR) is 20.6 cm³/mol. The van der Waals surface area contributed by atoms with Crippen LogP contribution in [0.5, 0.6) is 0 Å². The van der Waals surface area contributed by atoms with Crippen molar-refractivity contribution in [1.82, 2.24) is 0 Å². The Balaban J connectivity index is -0.0000000450. The quantitative estimate of drug-likeness (QED) is 0.668. The first-order valence-electron chi connectivity index (χ1n) is 1.91. The topological polar surface area (TPSA) is 0 Å². The molecule has 0 N–H and O–H groups in total. The molecule has 0 saturated carbocycles. The van der Waals surface area contributed by atoms with E-state index in [2.05, 4.69) is 13.8 Å². The van der Waals surface area contributed by atoms with Gasteiger partial charge in [0.05, 0.1) is 0 Å². The van der Waals surface area contributed by atoms with Crippen LogP contribution in [0.3, 0.4) is 0 Å². The summed E-state index contributed by atoms with van der Waals surface area (Å²) in [5.74, 6) is 0. The molecule has 1 radical (unpaired) electrons. The number of unbranched alkanes of at least 4 members (excludes halogenated alkanes) is 1. The molecule has 0 spiro atoms. The normalized spacial score (nSPS) is 5.00. The summed E-state index contributed by atoms with van der Waals surface area (Å²) in [7, 11) is 0. The van der Waals surface area contributed by atoms with Gasteiger partial charge >= 0.3 is 0 Å². The van der Waals surface area contributed by atoms with E-state index in [-0.39, 0.29) is 59.4 Å². The first kappa shape index (κ1) is 15.7. The third-order valence-corrected chi connectivity index (χ3v) is 0.500. The van der Waals surface area contributed by atoms with Gasteiger partial charge in [0, 0.05) is 59.4 Å². The Hall–Kier alpha value is 1.94. The molecule has 0 nitrogen and oxygen atoms in total. The molecule has 6 heavy (non-hydrogen) atoms. The third kappa shape index (κ3) is 16.8. The van der Waals surface area contributed by atoms with E-state index in [0.717, 1.165) is 0 Å². The minimum atomic E-state index is 0. The second kappa shape index (κ2) is 15.8. The van der Waals surface area contributed by atoms with E-state index in [0.29, 0.717) is 0 Å². The maximum Gasteiger partial charge on any atom is 0 e. The van der Waals surface area contributed by atoms with Gasteiger partial charge in [-0.1, -0.05) is 26.7 Å². The van der Waals surface area contributed by atoms with Gasteiger partial charge in [0.2, 0.25) is 0 Å². The van der Waals surface area contributed by atoms with Crippen molar-refractivity contribution in [2.75, 3.05) is 0 Å².